The second-order valence-electron chi connectivity index (χ2n) is 7.23. The Morgan fingerprint density at radius 3 is 2.50 bits per heavy atom. The number of hydrogen-bond acceptors (Lipinski definition) is 5. The summed E-state index contributed by atoms with van der Waals surface area (Å²) in [7, 11) is 0. The quantitative estimate of drug-likeness (QED) is 0.424. The van der Waals surface area contributed by atoms with E-state index in [1.165, 1.54) is 0 Å². The van der Waals surface area contributed by atoms with E-state index in [4.69, 9.17) is 0 Å². The molecule has 2 aromatic carbocycles. The van der Waals surface area contributed by atoms with Crippen LogP contribution < -0.4 is 10.6 Å². The third-order valence-electron chi connectivity index (χ3n) is 5.01. The minimum absolute atomic E-state index is 0.131. The minimum atomic E-state index is -0.131. The standard InChI is InChI=1S/C25H20N6O/c32-24(27-17-18-6-5-15-26-16-18)20-13-11-19(12-14-20)22-9-4-10-23-29-25(30-31(22)23)28-21-7-2-1-3-8-21/h1-16H,17H2,(H,27,32)(H,28,30). The number of anilines is 2. The van der Waals surface area contributed by atoms with Crippen molar-refractivity contribution in [3.8, 4) is 11.3 Å². The molecule has 7 heteroatoms. The van der Waals surface area contributed by atoms with E-state index in [1.54, 1.807) is 16.9 Å². The molecular formula is C25H20N6O. The van der Waals surface area contributed by atoms with Crippen LogP contribution in [0.4, 0.5) is 11.6 Å². The van der Waals surface area contributed by atoms with Crippen molar-refractivity contribution < 1.29 is 4.79 Å². The fraction of sp³-hybridized carbons (Fsp3) is 0.0400. The van der Waals surface area contributed by atoms with Crippen LogP contribution in [0.25, 0.3) is 16.9 Å². The Kier molecular flexibility index (Phi) is 5.28. The number of fused-ring (bicyclic) bond motifs is 1. The number of carbonyl (C=O) groups is 1. The number of pyridine rings is 2. The zero-order chi connectivity index (χ0) is 21.8. The number of rotatable bonds is 6. The molecule has 0 spiro atoms. The van der Waals surface area contributed by atoms with E-state index < -0.39 is 0 Å². The van der Waals surface area contributed by atoms with Crippen LogP contribution >= 0.6 is 0 Å². The second-order valence-corrected chi connectivity index (χ2v) is 7.23. The van der Waals surface area contributed by atoms with E-state index >= 15 is 0 Å². The summed E-state index contributed by atoms with van der Waals surface area (Å²) in [5.41, 5.74) is 5.03. The van der Waals surface area contributed by atoms with Crippen molar-refractivity contribution in [1.29, 1.82) is 0 Å². The van der Waals surface area contributed by atoms with Gasteiger partial charge in [0.05, 0.1) is 5.69 Å². The Morgan fingerprint density at radius 1 is 0.875 bits per heavy atom. The van der Waals surface area contributed by atoms with Gasteiger partial charge in [-0.05, 0) is 48.0 Å². The fourth-order valence-corrected chi connectivity index (χ4v) is 3.41. The number of amides is 1. The van der Waals surface area contributed by atoms with Crippen molar-refractivity contribution in [2.45, 2.75) is 6.54 Å². The van der Waals surface area contributed by atoms with Gasteiger partial charge in [-0.2, -0.15) is 4.98 Å². The van der Waals surface area contributed by atoms with Gasteiger partial charge in [-0.25, -0.2) is 4.52 Å². The van der Waals surface area contributed by atoms with Gasteiger partial charge in [0, 0.05) is 35.8 Å². The molecule has 0 fully saturated rings. The summed E-state index contributed by atoms with van der Waals surface area (Å²) in [6, 6.07) is 26.9. The van der Waals surface area contributed by atoms with Crippen LogP contribution in [0.2, 0.25) is 0 Å². The molecule has 0 saturated heterocycles. The van der Waals surface area contributed by atoms with Gasteiger partial charge in [-0.15, -0.1) is 5.10 Å². The van der Waals surface area contributed by atoms with E-state index in [2.05, 4.69) is 25.7 Å². The molecule has 0 aliphatic carbocycles. The van der Waals surface area contributed by atoms with E-state index in [0.717, 1.165) is 28.2 Å². The maximum atomic E-state index is 12.5. The SMILES string of the molecule is O=C(NCc1cccnc1)c1ccc(-c2cccc3nc(Nc4ccccc4)nn23)cc1. The first-order valence-corrected chi connectivity index (χ1v) is 10.2. The summed E-state index contributed by atoms with van der Waals surface area (Å²) in [6.45, 7) is 0.434. The Labute approximate surface area is 184 Å². The Hall–Kier alpha value is -4.52. The Morgan fingerprint density at radius 2 is 1.72 bits per heavy atom. The summed E-state index contributed by atoms with van der Waals surface area (Å²) in [5, 5.41) is 10.8. The first-order chi connectivity index (χ1) is 15.8. The molecule has 0 atom stereocenters. The molecule has 5 rings (SSSR count). The zero-order valence-electron chi connectivity index (χ0n) is 17.1. The molecule has 0 aliphatic heterocycles. The zero-order valence-corrected chi connectivity index (χ0v) is 17.1. The number of hydrogen-bond donors (Lipinski definition) is 2. The average molecular weight is 420 g/mol. The van der Waals surface area contributed by atoms with Gasteiger partial charge >= 0.3 is 0 Å². The van der Waals surface area contributed by atoms with Crippen LogP contribution in [0.1, 0.15) is 15.9 Å². The van der Waals surface area contributed by atoms with Crippen LogP contribution in [0.15, 0.2) is 97.3 Å². The molecule has 3 heterocycles. The van der Waals surface area contributed by atoms with Crippen molar-refractivity contribution >= 4 is 23.2 Å². The van der Waals surface area contributed by atoms with E-state index in [9.17, 15) is 4.79 Å². The molecule has 0 unspecified atom stereocenters. The highest BCUT2D eigenvalue weighted by Crippen LogP contribution is 2.22. The molecule has 2 N–H and O–H groups in total. The second kappa shape index (κ2) is 8.69. The van der Waals surface area contributed by atoms with Gasteiger partial charge in [-0.3, -0.25) is 9.78 Å². The first kappa shape index (κ1) is 19.4. The highest BCUT2D eigenvalue weighted by Gasteiger charge is 2.11. The van der Waals surface area contributed by atoms with Crippen LogP contribution in [-0.4, -0.2) is 25.5 Å². The molecule has 0 radical (unpaired) electrons. The van der Waals surface area contributed by atoms with Gasteiger partial charge in [0.2, 0.25) is 5.95 Å². The number of para-hydroxylation sites is 1. The summed E-state index contributed by atoms with van der Waals surface area (Å²) in [4.78, 5) is 21.1. The van der Waals surface area contributed by atoms with Crippen molar-refractivity contribution in [1.82, 2.24) is 24.9 Å². The molecule has 0 bridgehead atoms. The largest absolute Gasteiger partial charge is 0.348 e. The highest BCUT2D eigenvalue weighted by atomic mass is 16.1. The van der Waals surface area contributed by atoms with Crippen molar-refractivity contribution in [3.63, 3.8) is 0 Å². The van der Waals surface area contributed by atoms with Crippen LogP contribution in [0, 0.1) is 0 Å². The Balaban J connectivity index is 1.35. The number of aromatic nitrogens is 4. The van der Waals surface area contributed by atoms with Crippen molar-refractivity contribution in [2.75, 3.05) is 5.32 Å². The molecule has 156 valence electrons. The third-order valence-corrected chi connectivity index (χ3v) is 5.01. The normalized spacial score (nSPS) is 10.8. The maximum absolute atomic E-state index is 12.5. The molecule has 5 aromatic rings. The summed E-state index contributed by atoms with van der Waals surface area (Å²) in [6.07, 6.45) is 3.45. The molecule has 3 aromatic heterocycles. The van der Waals surface area contributed by atoms with E-state index in [0.29, 0.717) is 18.1 Å². The lowest BCUT2D eigenvalue weighted by Crippen LogP contribution is -2.22. The molecular weight excluding hydrogens is 400 g/mol. The molecule has 0 saturated carbocycles. The molecule has 32 heavy (non-hydrogen) atoms. The van der Waals surface area contributed by atoms with E-state index in [-0.39, 0.29) is 5.91 Å². The molecule has 1 amide bonds. The van der Waals surface area contributed by atoms with Crippen LogP contribution in [0.5, 0.6) is 0 Å². The molecule has 7 nitrogen and oxygen atoms in total. The lowest BCUT2D eigenvalue weighted by atomic mass is 10.1. The summed E-state index contributed by atoms with van der Waals surface area (Å²) < 4.78 is 1.79. The maximum Gasteiger partial charge on any atom is 0.251 e. The predicted octanol–water partition coefficient (Wildman–Crippen LogP) is 4.46. The minimum Gasteiger partial charge on any atom is -0.348 e. The number of nitrogens with one attached hydrogen (secondary N) is 2. The van der Waals surface area contributed by atoms with Crippen molar-refractivity contribution in [3.05, 3.63) is 108 Å². The van der Waals surface area contributed by atoms with Gasteiger partial charge in [0.25, 0.3) is 5.91 Å². The average Bonchev–Trinajstić information content (AvgIpc) is 3.26. The van der Waals surface area contributed by atoms with Crippen LogP contribution in [-0.2, 0) is 6.54 Å². The number of benzene rings is 2. The van der Waals surface area contributed by atoms with Crippen LogP contribution in [0.3, 0.4) is 0 Å². The molecule has 0 aliphatic rings. The third kappa shape index (κ3) is 4.17. The first-order valence-electron chi connectivity index (χ1n) is 10.2. The van der Waals surface area contributed by atoms with Gasteiger partial charge in [0.1, 0.15) is 0 Å². The summed E-state index contributed by atoms with van der Waals surface area (Å²) in [5.74, 6) is 0.392. The topological polar surface area (TPSA) is 84.2 Å². The van der Waals surface area contributed by atoms with Gasteiger partial charge < -0.3 is 10.6 Å². The van der Waals surface area contributed by atoms with Crippen molar-refractivity contribution in [2.24, 2.45) is 0 Å². The number of nitrogens with zero attached hydrogens (tertiary/aromatic N) is 4. The van der Waals surface area contributed by atoms with Gasteiger partial charge in [0.15, 0.2) is 5.65 Å². The van der Waals surface area contributed by atoms with E-state index in [1.807, 2.05) is 84.9 Å². The highest BCUT2D eigenvalue weighted by molar-refractivity contribution is 5.94. The fourth-order valence-electron chi connectivity index (χ4n) is 3.41. The lowest BCUT2D eigenvalue weighted by Gasteiger charge is -2.07. The predicted molar refractivity (Wildman–Crippen MR) is 124 cm³/mol. The smallest absolute Gasteiger partial charge is 0.251 e. The van der Waals surface area contributed by atoms with Gasteiger partial charge in [-0.1, -0.05) is 42.5 Å². The summed E-state index contributed by atoms with van der Waals surface area (Å²) >= 11 is 0. The Bertz CT molecular complexity index is 1350. The monoisotopic (exact) mass is 420 g/mol. The lowest BCUT2D eigenvalue weighted by molar-refractivity contribution is 0.0951. The number of carbonyl (C=O) groups excluding carboxylic acids is 1.